The average molecular weight is 1470 g/mol. The molecule has 0 radical (unpaired) electrons. The molecule has 0 unspecified atom stereocenters. The van der Waals surface area contributed by atoms with Crippen molar-refractivity contribution < 1.29 is 173 Å². The van der Waals surface area contributed by atoms with E-state index in [1.807, 2.05) is 0 Å². The largest absolute Gasteiger partial charge is 0.462 e. The molecule has 25 atom stereocenters. The molecule has 5 rings (SSSR count). The first-order valence-corrected chi connectivity index (χ1v) is 31.6. The first kappa shape index (κ1) is 91.2. The molecule has 4 amide bonds. The predicted molar refractivity (Wildman–Crippen MR) is 335 cm³/mol. The lowest BCUT2D eigenvalue weighted by Gasteiger charge is -2.45. The van der Waals surface area contributed by atoms with Crippen LogP contribution in [0, 0.1) is 5.92 Å². The van der Waals surface area contributed by atoms with Crippen LogP contribution in [-0.2, 0) is 76.3 Å². The molecule has 5 aliphatic heterocycles. The highest BCUT2D eigenvalue weighted by Crippen LogP contribution is 2.35. The van der Waals surface area contributed by atoms with Crippen LogP contribution >= 0.6 is 0 Å². The molecule has 41 nitrogen and oxygen atoms in total. The molecule has 0 bridgehead atoms. The minimum Gasteiger partial charge on any atom is -0.462 e. The summed E-state index contributed by atoms with van der Waals surface area (Å²) in [7, 11) is 3.35. The van der Waals surface area contributed by atoms with E-state index >= 15 is 0 Å². The van der Waals surface area contributed by atoms with Gasteiger partial charge in [-0.25, -0.2) is 9.59 Å². The van der Waals surface area contributed by atoms with E-state index in [2.05, 4.69) is 27.8 Å². The van der Waals surface area contributed by atoms with Gasteiger partial charge in [-0.2, -0.15) is 0 Å². The third-order valence-corrected chi connectivity index (χ3v) is 16.1. The molecule has 0 aliphatic carbocycles. The fourth-order valence-electron chi connectivity index (χ4n) is 10.5. The van der Waals surface area contributed by atoms with E-state index < -0.39 is 244 Å². The predicted octanol–water partition coefficient (Wildman–Crippen LogP) is -11.9. The van der Waals surface area contributed by atoms with Crippen LogP contribution < -0.4 is 27.0 Å². The number of cyclic esters (lactones) is 1. The fourth-order valence-corrected chi connectivity index (χ4v) is 10.5. The van der Waals surface area contributed by atoms with Gasteiger partial charge >= 0.3 is 23.9 Å². The van der Waals surface area contributed by atoms with Gasteiger partial charge in [-0.1, -0.05) is 20.4 Å². The smallest absolute Gasteiger partial charge is 0.367 e. The number of rotatable bonds is 26. The van der Waals surface area contributed by atoms with Crippen LogP contribution in [0.15, 0.2) is 23.6 Å². The van der Waals surface area contributed by atoms with Gasteiger partial charge in [0.25, 0.3) is 11.6 Å². The lowest BCUT2D eigenvalue weighted by atomic mass is 9.88. The highest BCUT2D eigenvalue weighted by molar-refractivity contribution is 5.80. The quantitative estimate of drug-likeness (QED) is 0.0282. The van der Waals surface area contributed by atoms with Gasteiger partial charge in [0.05, 0.1) is 74.8 Å². The number of carbonyl (C=O) groups is 8. The fraction of sp³-hybridized carbons (Fsp3) is 0.800. The first-order chi connectivity index (χ1) is 46.4. The molecule has 5 aliphatic rings. The Kier molecular flexibility index (Phi) is 35.9. The Morgan fingerprint density at radius 1 is 0.554 bits per heavy atom. The number of amides is 4. The summed E-state index contributed by atoms with van der Waals surface area (Å²) in [5.74, 6) is -14.8. The Morgan fingerprint density at radius 2 is 0.871 bits per heavy atom. The van der Waals surface area contributed by atoms with E-state index in [1.54, 1.807) is 39.8 Å². The van der Waals surface area contributed by atoms with Gasteiger partial charge in [-0.05, 0) is 32.3 Å². The standard InChI is InChI=1S/C17H25NO11.C16H28N2O9.C16H30N2O8.C11H21NO7/c1-7-3-12(23)28-11(7)6-27-16(25)17(26)4-9(21)13(18-8(2)20)15(29-17)14(24)10(22)5-19;1-8(18(3)4)7-26-15(24)16(25)5-10(21)12(17-9(2)20)14(27-16)13(23)11(22)6-19;1-7(2)11(17)15(23)25-6-10(21)13(22)14-12(18-8(3)19)9(20)5-16(4,24)26-14;1-5(14)12-8-6(15)3-11(2,18)19-10(8)9(17)7(16)4-13/h9-10,13-15,19,21-22,24,26H,3-6H2,1-2H3,(H,18,20);10-14,19,21-23,25H,1,5-7H2,2-4H3,(H,17,20);7,9-14,20-22,24H,5-6,17H2,1-4H3,(H,18,19);6-10,13,15-18H,3-4H2,1-2H3,(H,12,14)/t9-,10+,13+,14+,15+,17-;10-,11+,12+,13+,14+,16-;9-,10+,11+,12+,13+,14+,16+;6-,7+,8+,9+,10+,11+/m0000/s1. The van der Waals surface area contributed by atoms with Crippen LogP contribution in [0.3, 0.4) is 0 Å². The molecule has 0 aromatic carbocycles. The third-order valence-electron chi connectivity index (χ3n) is 16.1. The summed E-state index contributed by atoms with van der Waals surface area (Å²) in [6, 6.07) is -5.47. The number of carbonyl (C=O) groups excluding carboxylic acids is 8. The number of nitrogens with two attached hydrogens (primary N) is 1. The minimum atomic E-state index is -2.73. The molecule has 0 spiro atoms. The Labute approximate surface area is 579 Å². The molecular weight excluding hydrogens is 1360 g/mol. The Morgan fingerprint density at radius 3 is 1.17 bits per heavy atom. The zero-order valence-electron chi connectivity index (χ0n) is 57.7. The van der Waals surface area contributed by atoms with Crippen molar-refractivity contribution in [1.29, 1.82) is 0 Å². The summed E-state index contributed by atoms with van der Waals surface area (Å²) in [4.78, 5) is 94.4. The molecule has 0 saturated carbocycles. The van der Waals surface area contributed by atoms with E-state index in [9.17, 15) is 120 Å². The molecule has 4 fully saturated rings. The van der Waals surface area contributed by atoms with Crippen LogP contribution in [0.4, 0.5) is 0 Å². The second-order valence-electron chi connectivity index (χ2n) is 25.9. The molecule has 5 heterocycles. The molecule has 101 heavy (non-hydrogen) atoms. The van der Waals surface area contributed by atoms with Crippen molar-refractivity contribution in [1.82, 2.24) is 26.2 Å². The van der Waals surface area contributed by atoms with Gasteiger partial charge in [-0.3, -0.25) is 28.8 Å². The maximum absolute atomic E-state index is 12.4. The van der Waals surface area contributed by atoms with Crippen molar-refractivity contribution in [2.75, 3.05) is 53.7 Å². The van der Waals surface area contributed by atoms with Gasteiger partial charge in [0.15, 0.2) is 11.6 Å². The molecule has 584 valence electrons. The van der Waals surface area contributed by atoms with Crippen molar-refractivity contribution in [3.8, 4) is 0 Å². The lowest BCUT2D eigenvalue weighted by molar-refractivity contribution is -0.297. The minimum absolute atomic E-state index is 0.0398. The van der Waals surface area contributed by atoms with Gasteiger partial charge in [0, 0.05) is 73.2 Å². The lowest BCUT2D eigenvalue weighted by Crippen LogP contribution is -2.67. The van der Waals surface area contributed by atoms with Crippen molar-refractivity contribution in [2.45, 2.75) is 245 Å². The number of hydrogen-bond donors (Lipinski definition) is 24. The Bertz CT molecular complexity index is 2780. The number of ether oxygens (including phenoxy) is 8. The van der Waals surface area contributed by atoms with E-state index in [4.69, 9.17) is 58.9 Å². The molecule has 4 saturated heterocycles. The second kappa shape index (κ2) is 39.8. The Balaban J connectivity index is 0.000000462. The van der Waals surface area contributed by atoms with Crippen LogP contribution in [0.25, 0.3) is 0 Å². The van der Waals surface area contributed by atoms with Gasteiger partial charge in [0.1, 0.15) is 105 Å². The Hall–Kier alpha value is -5.92. The van der Waals surface area contributed by atoms with Crippen molar-refractivity contribution >= 4 is 47.5 Å². The van der Waals surface area contributed by atoms with Crippen LogP contribution in [0.5, 0.6) is 0 Å². The normalized spacial score (nSPS) is 32.9. The SMILES string of the molecule is C=C(COC(=O)[C@]1(O)C[C@H](O)[C@@H](NC(C)=O)[C@H]([C@H](O)[C@H](O)CO)O1)N(C)C.CC(=O)N[C@H]1[C@H]([C@H](O)[C@H](O)CO)O[C@@](C)(O)C[C@@H]1O.CC(=O)N[C@H]1[C@H]([C@H](O)[C@H](O)CO)O[C@](O)(C(=O)OCC2=C(C)CC(=O)O2)C[C@@H]1O.CC(=O)N[C@H]1[C@H]([C@H](O)[C@H](O)COC(=O)[C@H](N)C(C)C)O[C@@](C)(O)C[C@@H]1O. The maximum atomic E-state index is 12.4. The van der Waals surface area contributed by atoms with Crippen molar-refractivity contribution in [3.63, 3.8) is 0 Å². The second-order valence-corrected chi connectivity index (χ2v) is 25.9. The molecule has 0 aromatic rings. The van der Waals surface area contributed by atoms with Crippen molar-refractivity contribution in [2.24, 2.45) is 11.7 Å². The van der Waals surface area contributed by atoms with Gasteiger partial charge in [0.2, 0.25) is 23.6 Å². The summed E-state index contributed by atoms with van der Waals surface area (Å²) < 4.78 is 40.6. The summed E-state index contributed by atoms with van der Waals surface area (Å²) in [5.41, 5.74) is 6.61. The third kappa shape index (κ3) is 27.3. The van der Waals surface area contributed by atoms with E-state index in [0.29, 0.717) is 11.3 Å². The molecule has 41 heteroatoms. The summed E-state index contributed by atoms with van der Waals surface area (Å²) in [6.45, 7) is 12.3. The molecular formula is C60H104N6O35. The van der Waals surface area contributed by atoms with Gasteiger partial charge < -0.3 is 167 Å². The van der Waals surface area contributed by atoms with E-state index in [-0.39, 0.29) is 37.5 Å². The monoisotopic (exact) mass is 1470 g/mol. The number of nitrogens with one attached hydrogen (secondary N) is 4. The van der Waals surface area contributed by atoms with E-state index in [0.717, 1.165) is 13.8 Å². The molecule has 0 aromatic heterocycles. The number of likely N-dealkylation sites (N-methyl/N-ethyl adjacent to an activating group) is 1. The number of aliphatic hydroxyl groups excluding tert-OH is 15. The van der Waals surface area contributed by atoms with Gasteiger partial charge in [-0.15, -0.1) is 0 Å². The van der Waals surface area contributed by atoms with Crippen molar-refractivity contribution in [3.05, 3.63) is 23.6 Å². The zero-order valence-corrected chi connectivity index (χ0v) is 57.7. The first-order valence-electron chi connectivity index (χ1n) is 31.6. The summed E-state index contributed by atoms with van der Waals surface area (Å²) in [5, 5.41) is 198. The topological polar surface area (TPSA) is 672 Å². The summed E-state index contributed by atoms with van der Waals surface area (Å²) in [6.07, 6.45) is -26.4. The maximum Gasteiger partial charge on any atom is 0.367 e. The zero-order chi connectivity index (χ0) is 77.9. The summed E-state index contributed by atoms with van der Waals surface area (Å²) >= 11 is 0. The number of nitrogens with zero attached hydrogens (tertiary/aromatic N) is 1. The average Bonchev–Trinajstić information content (AvgIpc) is 0.967. The highest BCUT2D eigenvalue weighted by Gasteiger charge is 2.57. The number of esters is 4. The number of aliphatic hydroxyl groups is 19. The highest BCUT2D eigenvalue weighted by atomic mass is 16.7. The molecule has 25 N–H and O–H groups in total. The van der Waals surface area contributed by atoms with Crippen LogP contribution in [0.1, 0.15) is 94.4 Å². The van der Waals surface area contributed by atoms with E-state index in [1.165, 1.54) is 27.7 Å². The van der Waals surface area contributed by atoms with Crippen LogP contribution in [0.2, 0.25) is 0 Å². The van der Waals surface area contributed by atoms with Crippen LogP contribution in [-0.4, -0.2) is 354 Å². The number of hydrogen-bond acceptors (Lipinski definition) is 37.